The second-order valence-corrected chi connectivity index (χ2v) is 23.2. The maximum atomic E-state index is 11.9. The summed E-state index contributed by atoms with van der Waals surface area (Å²) in [4.78, 5) is 22.7. The van der Waals surface area contributed by atoms with Gasteiger partial charge in [-0.1, -0.05) is 6.92 Å². The van der Waals surface area contributed by atoms with Crippen molar-refractivity contribution < 1.29 is 30.0 Å². The monoisotopic (exact) mass is 830 g/mol. The van der Waals surface area contributed by atoms with E-state index in [4.69, 9.17) is 0 Å². The van der Waals surface area contributed by atoms with Crippen molar-refractivity contribution in [2.24, 2.45) is 0 Å². The van der Waals surface area contributed by atoms with Crippen LogP contribution in [-0.4, -0.2) is 204 Å². The SMILES string of the molecule is CC(C)N1CCC(S(=O)(=O)N(C)C)CC1.CC(C)N1CCC(S(C)(=O)=O)CC1.CC(C)N1CCN(S(C)(=O)=O)CC1.CCC(=O)N1CCN(C(C)C)CC1. The van der Waals surface area contributed by atoms with E-state index < -0.39 is 29.9 Å². The number of sulfonamides is 2. The Kier molecular flexibility index (Phi) is 22.2. The standard InChI is InChI=1S/C10H22N2O2S.C10H20N2O.C9H19NO2S.C8H18N2O2S/c1-9(2)12-7-5-10(6-8-12)15(13,14)11(3)4;1-4-10(13)12-7-5-11(6-8-12)9(2)3;1-8(2)10-6-4-9(5-7-10)13(3,11)12;1-8(2)9-4-6-10(7-5-9)13(3,11)12/h9-10H,5-8H2,1-4H3;9H,4-8H2,1-3H3;8-9H,4-7H2,1-3H3;8H,4-7H2,1-3H3. The first-order chi connectivity index (χ1) is 24.8. The molecule has 0 atom stereocenters. The van der Waals surface area contributed by atoms with Crippen LogP contribution < -0.4 is 0 Å². The van der Waals surface area contributed by atoms with E-state index in [0.29, 0.717) is 49.6 Å². The summed E-state index contributed by atoms with van der Waals surface area (Å²) in [5.41, 5.74) is 0. The van der Waals surface area contributed by atoms with Gasteiger partial charge in [0, 0.05) is 103 Å². The summed E-state index contributed by atoms with van der Waals surface area (Å²) >= 11 is 0. The van der Waals surface area contributed by atoms with E-state index in [2.05, 4.69) is 75.0 Å². The molecule has 1 amide bonds. The van der Waals surface area contributed by atoms with Gasteiger partial charge in [-0.25, -0.2) is 29.6 Å². The summed E-state index contributed by atoms with van der Waals surface area (Å²) in [6, 6.07) is 2.19. The quantitative estimate of drug-likeness (QED) is 0.339. The lowest BCUT2D eigenvalue weighted by atomic mass is 10.1. The first-order valence-corrected chi connectivity index (χ1v) is 25.4. The van der Waals surface area contributed by atoms with Crippen LogP contribution in [0.5, 0.6) is 0 Å². The highest BCUT2D eigenvalue weighted by molar-refractivity contribution is 7.91. The van der Waals surface area contributed by atoms with E-state index >= 15 is 0 Å². The largest absolute Gasteiger partial charge is 0.340 e. The second kappa shape index (κ2) is 23.5. The number of likely N-dealkylation sites (tertiary alicyclic amines) is 2. The number of nitrogens with zero attached hydrogens (tertiary/aromatic N) is 7. The number of carbonyl (C=O) groups is 1. The molecule has 4 aliphatic rings. The van der Waals surface area contributed by atoms with E-state index in [-0.39, 0.29) is 10.5 Å². The molecule has 0 aromatic carbocycles. The molecule has 54 heavy (non-hydrogen) atoms. The fourth-order valence-corrected chi connectivity index (χ4v) is 10.4. The smallest absolute Gasteiger partial charge is 0.222 e. The number of rotatable bonds is 9. The van der Waals surface area contributed by atoms with Crippen LogP contribution in [-0.2, 0) is 34.7 Å². The Balaban J connectivity index is 0.000000361. The number of piperazine rings is 2. The van der Waals surface area contributed by atoms with Crippen molar-refractivity contribution in [3.8, 4) is 0 Å². The average Bonchev–Trinajstić information content (AvgIpc) is 3.11. The molecule has 4 saturated heterocycles. The van der Waals surface area contributed by atoms with Crippen molar-refractivity contribution in [1.82, 2.24) is 33.1 Å². The van der Waals surface area contributed by atoms with Crippen molar-refractivity contribution >= 4 is 35.8 Å². The van der Waals surface area contributed by atoms with Gasteiger partial charge in [0.2, 0.25) is 26.0 Å². The van der Waals surface area contributed by atoms with Gasteiger partial charge in [-0.3, -0.25) is 14.6 Å². The Bertz CT molecular complexity index is 1340. The topological polar surface area (TPSA) is 142 Å². The molecule has 0 spiro atoms. The summed E-state index contributed by atoms with van der Waals surface area (Å²) in [6.45, 7) is 29.7. The molecule has 17 heteroatoms. The minimum Gasteiger partial charge on any atom is -0.340 e. The van der Waals surface area contributed by atoms with Crippen molar-refractivity contribution in [3.05, 3.63) is 0 Å². The molecule has 4 heterocycles. The molecule has 0 unspecified atom stereocenters. The van der Waals surface area contributed by atoms with Gasteiger partial charge >= 0.3 is 0 Å². The Morgan fingerprint density at radius 3 is 1.13 bits per heavy atom. The van der Waals surface area contributed by atoms with Crippen molar-refractivity contribution in [2.45, 2.75) is 129 Å². The number of carbonyl (C=O) groups excluding carboxylic acids is 1. The molecule has 0 aromatic heterocycles. The molecule has 0 N–H and O–H groups in total. The molecule has 0 saturated carbocycles. The maximum Gasteiger partial charge on any atom is 0.222 e. The van der Waals surface area contributed by atoms with Gasteiger partial charge in [0.1, 0.15) is 9.84 Å². The van der Waals surface area contributed by atoms with Crippen molar-refractivity contribution in [1.29, 1.82) is 0 Å². The van der Waals surface area contributed by atoms with Crippen LogP contribution in [0, 0.1) is 0 Å². The lowest BCUT2D eigenvalue weighted by molar-refractivity contribution is -0.132. The second-order valence-electron chi connectivity index (χ2n) is 16.5. The van der Waals surface area contributed by atoms with Gasteiger partial charge in [-0.05, 0) is 107 Å². The van der Waals surface area contributed by atoms with Gasteiger partial charge in [-0.15, -0.1) is 0 Å². The number of sulfone groups is 1. The lowest BCUT2D eigenvalue weighted by Crippen LogP contribution is -2.50. The third-order valence-corrected chi connectivity index (χ3v) is 16.4. The van der Waals surface area contributed by atoms with E-state index in [0.717, 1.165) is 91.1 Å². The third-order valence-electron chi connectivity index (χ3n) is 11.1. The maximum absolute atomic E-state index is 11.9. The Hall–Kier alpha value is -0.920. The molecular formula is C37H79N7O7S3. The normalized spacial score (nSPS) is 21.5. The van der Waals surface area contributed by atoms with Crippen molar-refractivity contribution in [2.75, 3.05) is 105 Å². The first kappa shape index (κ1) is 51.1. The molecule has 0 radical (unpaired) electrons. The Labute approximate surface area is 331 Å². The van der Waals surface area contributed by atoms with Crippen molar-refractivity contribution in [3.63, 3.8) is 0 Å². The van der Waals surface area contributed by atoms with E-state index in [1.807, 2.05) is 11.8 Å². The van der Waals surface area contributed by atoms with E-state index in [9.17, 15) is 30.0 Å². The van der Waals surface area contributed by atoms with Gasteiger partial charge < -0.3 is 14.7 Å². The molecule has 0 aromatic rings. The average molecular weight is 830 g/mol. The lowest BCUT2D eigenvalue weighted by Gasteiger charge is -2.36. The predicted octanol–water partition coefficient (Wildman–Crippen LogP) is 2.58. The fraction of sp³-hybridized carbons (Fsp3) is 0.973. The molecule has 322 valence electrons. The van der Waals surface area contributed by atoms with Crippen LogP contribution in [0.1, 0.15) is 94.4 Å². The molecule has 14 nitrogen and oxygen atoms in total. The zero-order valence-electron chi connectivity index (χ0n) is 36.2. The summed E-state index contributed by atoms with van der Waals surface area (Å²) in [6.07, 6.45) is 6.40. The predicted molar refractivity (Wildman–Crippen MR) is 224 cm³/mol. The van der Waals surface area contributed by atoms with Gasteiger partial charge in [-0.2, -0.15) is 4.31 Å². The minimum atomic E-state index is -3.04. The van der Waals surface area contributed by atoms with Crippen LogP contribution in [0.3, 0.4) is 0 Å². The summed E-state index contributed by atoms with van der Waals surface area (Å²) in [7, 11) is -5.58. The Morgan fingerprint density at radius 1 is 0.537 bits per heavy atom. The van der Waals surface area contributed by atoms with Gasteiger partial charge in [0.25, 0.3) is 0 Å². The first-order valence-electron chi connectivity index (χ1n) is 20.1. The van der Waals surface area contributed by atoms with Gasteiger partial charge in [0.05, 0.1) is 16.8 Å². The van der Waals surface area contributed by atoms with Gasteiger partial charge in [0.15, 0.2) is 0 Å². The number of piperidine rings is 2. The minimum absolute atomic E-state index is 0.0949. The fourth-order valence-electron chi connectivity index (χ4n) is 7.07. The molecule has 4 rings (SSSR count). The van der Waals surface area contributed by atoms with Crippen LogP contribution in [0.2, 0.25) is 0 Å². The van der Waals surface area contributed by atoms with E-state index in [1.165, 1.54) is 16.8 Å². The molecular weight excluding hydrogens is 751 g/mol. The molecule has 0 bridgehead atoms. The van der Waals surface area contributed by atoms with Crippen LogP contribution in [0.25, 0.3) is 0 Å². The molecule has 4 fully saturated rings. The number of hydrogen-bond donors (Lipinski definition) is 0. The molecule has 0 aliphatic carbocycles. The van der Waals surface area contributed by atoms with Crippen LogP contribution in [0.15, 0.2) is 0 Å². The van der Waals surface area contributed by atoms with Crippen LogP contribution in [0.4, 0.5) is 0 Å². The summed E-state index contributed by atoms with van der Waals surface area (Å²) < 4.78 is 71.5. The third kappa shape index (κ3) is 17.7. The number of amides is 1. The summed E-state index contributed by atoms with van der Waals surface area (Å²) in [5, 5.41) is -0.273. The Morgan fingerprint density at radius 2 is 0.852 bits per heavy atom. The zero-order chi connectivity index (χ0) is 41.6. The zero-order valence-corrected chi connectivity index (χ0v) is 38.6. The van der Waals surface area contributed by atoms with Crippen LogP contribution >= 0.6 is 0 Å². The highest BCUT2D eigenvalue weighted by Gasteiger charge is 2.32. The number of hydrogen-bond acceptors (Lipinski definition) is 11. The van der Waals surface area contributed by atoms with E-state index in [1.54, 1.807) is 18.4 Å². The molecule has 4 aliphatic heterocycles. The highest BCUT2D eigenvalue weighted by atomic mass is 32.2. The summed E-state index contributed by atoms with van der Waals surface area (Å²) in [5.74, 6) is 0.295. The highest BCUT2D eigenvalue weighted by Crippen LogP contribution is 2.21.